The van der Waals surface area contributed by atoms with E-state index in [1.165, 1.54) is 12.8 Å². The van der Waals surface area contributed by atoms with Crippen molar-refractivity contribution in [1.29, 1.82) is 0 Å². The minimum atomic E-state index is -0.0794. The molecule has 1 heterocycles. The van der Waals surface area contributed by atoms with Gasteiger partial charge in [0.2, 0.25) is 0 Å². The van der Waals surface area contributed by atoms with Crippen LogP contribution in [0.1, 0.15) is 26.7 Å². The van der Waals surface area contributed by atoms with E-state index in [-0.39, 0.29) is 12.0 Å². The van der Waals surface area contributed by atoms with Crippen molar-refractivity contribution in [3.63, 3.8) is 0 Å². The molecule has 0 aromatic rings. The molecule has 0 spiro atoms. The Kier molecular flexibility index (Phi) is 3.82. The summed E-state index contributed by atoms with van der Waals surface area (Å²) in [6.45, 7) is 7.25. The zero-order valence-electron chi connectivity index (χ0n) is 10.2. The second-order valence-electron chi connectivity index (χ2n) is 4.79. The van der Waals surface area contributed by atoms with Crippen molar-refractivity contribution in [2.24, 2.45) is 5.92 Å². The summed E-state index contributed by atoms with van der Waals surface area (Å²) in [4.78, 5) is 14.2. The molecule has 0 aromatic carbocycles. The van der Waals surface area contributed by atoms with Gasteiger partial charge in [-0.15, -0.1) is 0 Å². The van der Waals surface area contributed by atoms with E-state index in [0.29, 0.717) is 12.6 Å². The molecular weight excluding hydrogens is 204 g/mol. The third-order valence-electron chi connectivity index (χ3n) is 3.67. The lowest BCUT2D eigenvalue weighted by molar-refractivity contribution is -0.151. The van der Waals surface area contributed by atoms with E-state index in [4.69, 9.17) is 4.74 Å². The fourth-order valence-corrected chi connectivity index (χ4v) is 2.51. The van der Waals surface area contributed by atoms with Crippen LogP contribution in [0.2, 0.25) is 0 Å². The largest absolute Gasteiger partial charge is 0.465 e. The average Bonchev–Trinajstić information content (AvgIpc) is 3.12. The van der Waals surface area contributed by atoms with Gasteiger partial charge in [0.25, 0.3) is 0 Å². The quantitative estimate of drug-likeness (QED) is 0.714. The predicted octanol–water partition coefficient (Wildman–Crippen LogP) is 0.622. The zero-order chi connectivity index (χ0) is 11.5. The van der Waals surface area contributed by atoms with E-state index >= 15 is 0 Å². The lowest BCUT2D eigenvalue weighted by atomic mass is 10.1. The van der Waals surface area contributed by atoms with Crippen LogP contribution in [0.15, 0.2) is 0 Å². The average molecular weight is 226 g/mol. The van der Waals surface area contributed by atoms with Gasteiger partial charge in [-0.3, -0.25) is 9.69 Å². The maximum absolute atomic E-state index is 11.9. The highest BCUT2D eigenvalue weighted by Crippen LogP contribution is 2.36. The molecule has 0 bridgehead atoms. The van der Waals surface area contributed by atoms with Crippen LogP contribution in [-0.4, -0.2) is 49.2 Å². The van der Waals surface area contributed by atoms with Gasteiger partial charge in [-0.05, 0) is 32.6 Å². The number of carbonyl (C=O) groups excluding carboxylic acids is 1. The first-order valence-electron chi connectivity index (χ1n) is 6.37. The van der Waals surface area contributed by atoms with Crippen molar-refractivity contribution in [3.8, 4) is 0 Å². The molecule has 1 aliphatic carbocycles. The minimum Gasteiger partial charge on any atom is -0.465 e. The van der Waals surface area contributed by atoms with Crippen LogP contribution in [0.3, 0.4) is 0 Å². The highest BCUT2D eigenvalue weighted by Gasteiger charge is 2.39. The van der Waals surface area contributed by atoms with E-state index in [9.17, 15) is 4.79 Å². The molecule has 2 rings (SSSR count). The Balaban J connectivity index is 1.98. The number of nitrogens with one attached hydrogen (secondary N) is 1. The number of hydrogen-bond acceptors (Lipinski definition) is 4. The molecule has 0 radical (unpaired) electrons. The summed E-state index contributed by atoms with van der Waals surface area (Å²) in [6, 6.07) is 0.445. The van der Waals surface area contributed by atoms with Gasteiger partial charge in [-0.25, -0.2) is 0 Å². The van der Waals surface area contributed by atoms with Crippen LogP contribution >= 0.6 is 0 Å². The van der Waals surface area contributed by atoms with Crippen molar-refractivity contribution in [1.82, 2.24) is 10.2 Å². The lowest BCUT2D eigenvalue weighted by Crippen LogP contribution is -2.58. The van der Waals surface area contributed by atoms with E-state index < -0.39 is 0 Å². The molecule has 1 saturated heterocycles. The Hall–Kier alpha value is -0.610. The first-order valence-corrected chi connectivity index (χ1v) is 6.37. The van der Waals surface area contributed by atoms with E-state index in [1.807, 2.05) is 6.92 Å². The molecular formula is C12H22N2O2. The standard InChI is InChI=1S/C12H22N2O2/c1-3-16-12(15)11-8-13-6-7-14(11)9(2)10-4-5-10/h9-11,13H,3-8H2,1-2H3. The lowest BCUT2D eigenvalue weighted by Gasteiger charge is -2.38. The Morgan fingerprint density at radius 3 is 2.94 bits per heavy atom. The summed E-state index contributed by atoms with van der Waals surface area (Å²) in [6.07, 6.45) is 2.64. The highest BCUT2D eigenvalue weighted by molar-refractivity contribution is 5.76. The number of piperazine rings is 1. The zero-order valence-corrected chi connectivity index (χ0v) is 10.2. The molecule has 2 unspecified atom stereocenters. The Bertz CT molecular complexity index is 253. The number of nitrogens with zero attached hydrogens (tertiary/aromatic N) is 1. The van der Waals surface area contributed by atoms with E-state index in [2.05, 4.69) is 17.1 Å². The maximum Gasteiger partial charge on any atom is 0.324 e. The highest BCUT2D eigenvalue weighted by atomic mass is 16.5. The number of carbonyl (C=O) groups is 1. The molecule has 16 heavy (non-hydrogen) atoms. The molecule has 92 valence electrons. The second kappa shape index (κ2) is 5.15. The van der Waals surface area contributed by atoms with Gasteiger partial charge >= 0.3 is 5.97 Å². The molecule has 2 aliphatic rings. The summed E-state index contributed by atoms with van der Waals surface area (Å²) in [5.74, 6) is 0.734. The van der Waals surface area contributed by atoms with Crippen molar-refractivity contribution < 1.29 is 9.53 Å². The molecule has 2 fully saturated rings. The van der Waals surface area contributed by atoms with Crippen LogP contribution in [0.5, 0.6) is 0 Å². The molecule has 4 nitrogen and oxygen atoms in total. The minimum absolute atomic E-state index is 0.0674. The van der Waals surface area contributed by atoms with Gasteiger partial charge < -0.3 is 10.1 Å². The number of hydrogen-bond donors (Lipinski definition) is 1. The van der Waals surface area contributed by atoms with E-state index in [0.717, 1.165) is 25.6 Å². The van der Waals surface area contributed by atoms with Gasteiger partial charge in [0.1, 0.15) is 6.04 Å². The molecule has 1 aliphatic heterocycles. The molecule has 1 saturated carbocycles. The van der Waals surface area contributed by atoms with Gasteiger partial charge in [0.05, 0.1) is 6.61 Å². The second-order valence-corrected chi connectivity index (χ2v) is 4.79. The predicted molar refractivity (Wildman–Crippen MR) is 62.2 cm³/mol. The number of rotatable bonds is 4. The summed E-state index contributed by atoms with van der Waals surface area (Å²) in [7, 11) is 0. The van der Waals surface area contributed by atoms with Gasteiger partial charge in [0.15, 0.2) is 0 Å². The molecule has 2 atom stereocenters. The summed E-state index contributed by atoms with van der Waals surface area (Å²) in [5, 5.41) is 3.28. The molecule has 1 N–H and O–H groups in total. The smallest absolute Gasteiger partial charge is 0.324 e. The number of esters is 1. The third kappa shape index (κ3) is 2.55. The third-order valence-corrected chi connectivity index (χ3v) is 3.67. The topological polar surface area (TPSA) is 41.6 Å². The monoisotopic (exact) mass is 226 g/mol. The van der Waals surface area contributed by atoms with Crippen molar-refractivity contribution in [3.05, 3.63) is 0 Å². The van der Waals surface area contributed by atoms with Crippen molar-refractivity contribution >= 4 is 5.97 Å². The van der Waals surface area contributed by atoms with Crippen LogP contribution in [0, 0.1) is 5.92 Å². The Morgan fingerprint density at radius 1 is 1.56 bits per heavy atom. The number of ether oxygens (including phenoxy) is 1. The fraction of sp³-hybridized carbons (Fsp3) is 0.917. The normalized spacial score (nSPS) is 28.8. The fourth-order valence-electron chi connectivity index (χ4n) is 2.51. The SMILES string of the molecule is CCOC(=O)C1CNCCN1C(C)C1CC1. The van der Waals surface area contributed by atoms with Crippen molar-refractivity contribution in [2.75, 3.05) is 26.2 Å². The van der Waals surface area contributed by atoms with Gasteiger partial charge in [0, 0.05) is 25.7 Å². The van der Waals surface area contributed by atoms with Crippen LogP contribution in [0.4, 0.5) is 0 Å². The van der Waals surface area contributed by atoms with Gasteiger partial charge in [-0.1, -0.05) is 0 Å². The van der Waals surface area contributed by atoms with Crippen LogP contribution in [-0.2, 0) is 9.53 Å². The summed E-state index contributed by atoms with van der Waals surface area (Å²) >= 11 is 0. The van der Waals surface area contributed by atoms with E-state index in [1.54, 1.807) is 0 Å². The molecule has 0 aromatic heterocycles. The first kappa shape index (κ1) is 11.9. The first-order chi connectivity index (χ1) is 7.74. The molecule has 0 amide bonds. The Labute approximate surface area is 97.3 Å². The van der Waals surface area contributed by atoms with Crippen molar-refractivity contribution in [2.45, 2.75) is 38.8 Å². The Morgan fingerprint density at radius 2 is 2.31 bits per heavy atom. The molecule has 4 heteroatoms. The van der Waals surface area contributed by atoms with Gasteiger partial charge in [-0.2, -0.15) is 0 Å². The summed E-state index contributed by atoms with van der Waals surface area (Å²) < 4.78 is 5.14. The maximum atomic E-state index is 11.9. The van der Waals surface area contributed by atoms with Crippen LogP contribution < -0.4 is 5.32 Å². The van der Waals surface area contributed by atoms with Crippen LogP contribution in [0.25, 0.3) is 0 Å². The summed E-state index contributed by atoms with van der Waals surface area (Å²) in [5.41, 5.74) is 0.